The number of aryl methyl sites for hydroxylation is 1. The molecular weight excluding hydrogens is 240 g/mol. The highest BCUT2D eigenvalue weighted by atomic mass is 16.5. The zero-order valence-electron chi connectivity index (χ0n) is 10.4. The van der Waals surface area contributed by atoms with Crippen molar-refractivity contribution in [1.29, 1.82) is 0 Å². The van der Waals surface area contributed by atoms with Crippen molar-refractivity contribution in [3.05, 3.63) is 11.8 Å². The van der Waals surface area contributed by atoms with Gasteiger partial charge in [0.1, 0.15) is 12.3 Å². The summed E-state index contributed by atoms with van der Waals surface area (Å²) in [7, 11) is 0. The van der Waals surface area contributed by atoms with Gasteiger partial charge in [-0.2, -0.15) is 0 Å². The topological polar surface area (TPSA) is 92.9 Å². The highest BCUT2D eigenvalue weighted by Crippen LogP contribution is 2.09. The number of nitrogens with zero attached hydrogens (tertiary/aromatic N) is 2. The first-order valence-corrected chi connectivity index (χ1v) is 5.58. The van der Waals surface area contributed by atoms with Crippen molar-refractivity contribution in [2.45, 2.75) is 20.3 Å². The Kier molecular flexibility index (Phi) is 5.16. The summed E-state index contributed by atoms with van der Waals surface area (Å²) in [6.45, 7) is 3.37. The Bertz CT molecular complexity index is 415. The number of carboxylic acid groups (broad SMARTS) is 1. The second kappa shape index (κ2) is 6.63. The molecule has 1 heterocycles. The molecule has 1 amide bonds. The maximum absolute atomic E-state index is 11.7. The maximum Gasteiger partial charge on any atom is 0.323 e. The number of carboxylic acids is 1. The first-order valence-electron chi connectivity index (χ1n) is 5.58. The zero-order chi connectivity index (χ0) is 13.5. The molecular formula is C11H16N2O5. The molecule has 0 saturated carbocycles. The normalized spacial score (nSPS) is 10.1. The van der Waals surface area contributed by atoms with E-state index in [0.29, 0.717) is 18.7 Å². The fourth-order valence-corrected chi connectivity index (χ4v) is 1.36. The molecule has 0 saturated heterocycles. The van der Waals surface area contributed by atoms with Crippen LogP contribution in [0.4, 0.5) is 0 Å². The average Bonchev–Trinajstić information content (AvgIpc) is 2.71. The minimum absolute atomic E-state index is 0.215. The molecule has 1 rings (SSSR count). The van der Waals surface area contributed by atoms with E-state index in [1.807, 2.05) is 6.92 Å². The Labute approximate surface area is 104 Å². The van der Waals surface area contributed by atoms with Crippen molar-refractivity contribution in [1.82, 2.24) is 10.1 Å². The van der Waals surface area contributed by atoms with Crippen LogP contribution in [0.15, 0.2) is 10.6 Å². The van der Waals surface area contributed by atoms with Crippen molar-refractivity contribution in [2.75, 3.05) is 19.7 Å². The van der Waals surface area contributed by atoms with Crippen molar-refractivity contribution < 1.29 is 24.0 Å². The van der Waals surface area contributed by atoms with Gasteiger partial charge < -0.3 is 19.3 Å². The number of amides is 1. The van der Waals surface area contributed by atoms with Gasteiger partial charge in [-0.15, -0.1) is 0 Å². The minimum atomic E-state index is -1.05. The number of aromatic nitrogens is 1. The molecule has 0 aliphatic rings. The molecule has 7 nitrogen and oxygen atoms in total. The van der Waals surface area contributed by atoms with E-state index in [2.05, 4.69) is 5.16 Å². The van der Waals surface area contributed by atoms with E-state index in [1.54, 1.807) is 13.0 Å². The summed E-state index contributed by atoms with van der Waals surface area (Å²) in [5.41, 5.74) is 0. The van der Waals surface area contributed by atoms with Crippen molar-refractivity contribution in [2.24, 2.45) is 0 Å². The van der Waals surface area contributed by atoms with E-state index < -0.39 is 5.97 Å². The lowest BCUT2D eigenvalue weighted by Gasteiger charge is -2.19. The molecule has 0 bridgehead atoms. The molecule has 18 heavy (non-hydrogen) atoms. The molecule has 0 radical (unpaired) electrons. The van der Waals surface area contributed by atoms with Gasteiger partial charge in [-0.25, -0.2) is 0 Å². The van der Waals surface area contributed by atoms with Crippen LogP contribution in [-0.4, -0.2) is 46.7 Å². The number of ether oxygens (including phenoxy) is 1. The Balaban J connectivity index is 2.48. The lowest BCUT2D eigenvalue weighted by Crippen LogP contribution is -2.39. The number of hydrogen-bond donors (Lipinski definition) is 1. The van der Waals surface area contributed by atoms with Gasteiger partial charge >= 0.3 is 5.97 Å². The highest BCUT2D eigenvalue weighted by molar-refractivity contribution is 5.82. The predicted molar refractivity (Wildman–Crippen MR) is 61.2 cm³/mol. The average molecular weight is 256 g/mol. The van der Waals surface area contributed by atoms with Crippen LogP contribution in [0.3, 0.4) is 0 Å². The molecule has 0 aliphatic carbocycles. The number of rotatable bonds is 7. The maximum atomic E-state index is 11.7. The Morgan fingerprint density at radius 3 is 2.78 bits per heavy atom. The summed E-state index contributed by atoms with van der Waals surface area (Å²) in [6, 6.07) is 1.55. The first-order chi connectivity index (χ1) is 8.52. The van der Waals surface area contributed by atoms with Gasteiger partial charge in [-0.05, 0) is 18.5 Å². The second-order valence-electron chi connectivity index (χ2n) is 3.77. The highest BCUT2D eigenvalue weighted by Gasteiger charge is 2.16. The van der Waals surface area contributed by atoms with Crippen LogP contribution in [0, 0.1) is 6.92 Å². The van der Waals surface area contributed by atoms with Gasteiger partial charge in [0.15, 0.2) is 6.61 Å². The van der Waals surface area contributed by atoms with Gasteiger partial charge in [0.25, 0.3) is 11.8 Å². The molecule has 0 atom stereocenters. The molecule has 0 unspecified atom stereocenters. The van der Waals surface area contributed by atoms with Gasteiger partial charge in [0.2, 0.25) is 0 Å². The smallest absolute Gasteiger partial charge is 0.323 e. The Morgan fingerprint density at radius 1 is 1.56 bits per heavy atom. The molecule has 1 N–H and O–H groups in total. The van der Waals surface area contributed by atoms with Crippen molar-refractivity contribution in [3.8, 4) is 5.88 Å². The van der Waals surface area contributed by atoms with E-state index >= 15 is 0 Å². The second-order valence-corrected chi connectivity index (χ2v) is 3.77. The monoisotopic (exact) mass is 256 g/mol. The number of hydrogen-bond acceptors (Lipinski definition) is 5. The van der Waals surface area contributed by atoms with E-state index in [1.165, 1.54) is 4.90 Å². The van der Waals surface area contributed by atoms with E-state index in [9.17, 15) is 9.59 Å². The van der Waals surface area contributed by atoms with E-state index in [0.717, 1.165) is 0 Å². The van der Waals surface area contributed by atoms with Crippen LogP contribution in [0.2, 0.25) is 0 Å². The summed E-state index contributed by atoms with van der Waals surface area (Å²) in [6.07, 6.45) is 0.683. The number of carbonyl (C=O) groups excluding carboxylic acids is 1. The van der Waals surface area contributed by atoms with Gasteiger partial charge in [-0.3, -0.25) is 9.59 Å². The molecule has 100 valence electrons. The molecule has 0 aromatic carbocycles. The summed E-state index contributed by atoms with van der Waals surface area (Å²) in [5, 5.41) is 12.3. The Morgan fingerprint density at radius 2 is 2.28 bits per heavy atom. The zero-order valence-corrected chi connectivity index (χ0v) is 10.4. The Hall–Kier alpha value is -2.05. The third kappa shape index (κ3) is 4.44. The molecule has 1 aromatic heterocycles. The van der Waals surface area contributed by atoms with Crippen molar-refractivity contribution >= 4 is 11.9 Å². The van der Waals surface area contributed by atoms with Gasteiger partial charge in [-0.1, -0.05) is 6.92 Å². The summed E-state index contributed by atoms with van der Waals surface area (Å²) in [4.78, 5) is 23.6. The van der Waals surface area contributed by atoms with Gasteiger partial charge in [0, 0.05) is 12.6 Å². The number of carbonyl (C=O) groups is 2. The predicted octanol–water partition coefficient (Wildman–Crippen LogP) is 0.685. The number of aliphatic carboxylic acids is 1. The van der Waals surface area contributed by atoms with Crippen LogP contribution in [-0.2, 0) is 9.59 Å². The van der Waals surface area contributed by atoms with Crippen LogP contribution < -0.4 is 4.74 Å². The fourth-order valence-electron chi connectivity index (χ4n) is 1.36. The molecule has 0 spiro atoms. The third-order valence-electron chi connectivity index (χ3n) is 2.12. The van der Waals surface area contributed by atoms with E-state index in [4.69, 9.17) is 14.4 Å². The molecule has 1 aromatic rings. The van der Waals surface area contributed by atoms with Gasteiger partial charge in [0.05, 0.1) is 0 Å². The molecule has 0 aliphatic heterocycles. The largest absolute Gasteiger partial charge is 0.480 e. The SMILES string of the molecule is CCCN(CC(=O)O)C(=O)COc1cc(C)on1. The van der Waals surface area contributed by atoms with Crippen LogP contribution >= 0.6 is 0 Å². The molecule has 0 fully saturated rings. The standard InChI is InChI=1S/C11H16N2O5/c1-3-4-13(6-11(15)16)10(14)7-17-9-5-8(2)18-12-9/h5H,3-4,6-7H2,1-2H3,(H,15,16). The van der Waals surface area contributed by atoms with E-state index in [-0.39, 0.29) is 24.9 Å². The first kappa shape index (κ1) is 14.0. The summed E-state index contributed by atoms with van der Waals surface area (Å²) >= 11 is 0. The summed E-state index contributed by atoms with van der Waals surface area (Å²) in [5.74, 6) is -0.644. The minimum Gasteiger partial charge on any atom is -0.480 e. The van der Waals surface area contributed by atoms with Crippen LogP contribution in [0.1, 0.15) is 19.1 Å². The third-order valence-corrected chi connectivity index (χ3v) is 2.12. The fraction of sp³-hybridized carbons (Fsp3) is 0.545. The quantitative estimate of drug-likeness (QED) is 0.771. The van der Waals surface area contributed by atoms with Crippen LogP contribution in [0.5, 0.6) is 5.88 Å². The molecule has 7 heteroatoms. The lowest BCUT2D eigenvalue weighted by atomic mass is 10.4. The lowest BCUT2D eigenvalue weighted by molar-refractivity contribution is -0.145. The van der Waals surface area contributed by atoms with Crippen molar-refractivity contribution in [3.63, 3.8) is 0 Å². The summed E-state index contributed by atoms with van der Waals surface area (Å²) < 4.78 is 9.88. The van der Waals surface area contributed by atoms with Crippen LogP contribution in [0.25, 0.3) is 0 Å².